The molecular formula is C18H17F3N4O3. The molecule has 0 spiro atoms. The number of carboxylic acid groups (broad SMARTS) is 1. The first-order valence-corrected chi connectivity index (χ1v) is 8.30. The van der Waals surface area contributed by atoms with Gasteiger partial charge in [-0.2, -0.15) is 13.2 Å². The Bertz CT molecular complexity index is 880. The molecule has 7 nitrogen and oxygen atoms in total. The summed E-state index contributed by atoms with van der Waals surface area (Å²) in [5.41, 5.74) is -0.0237. The smallest absolute Gasteiger partial charge is 0.433 e. The van der Waals surface area contributed by atoms with Gasteiger partial charge in [-0.3, -0.25) is 9.78 Å². The highest BCUT2D eigenvalue weighted by Crippen LogP contribution is 2.28. The van der Waals surface area contributed by atoms with Crippen LogP contribution >= 0.6 is 0 Å². The third-order valence-electron chi connectivity index (χ3n) is 4.53. The van der Waals surface area contributed by atoms with E-state index in [4.69, 9.17) is 5.11 Å². The predicted molar refractivity (Wildman–Crippen MR) is 95.4 cm³/mol. The monoisotopic (exact) mass is 394 g/mol. The molecule has 1 aliphatic rings. The number of aromatic nitrogens is 1. The molecular weight excluding hydrogens is 377 g/mol. The van der Waals surface area contributed by atoms with Crippen molar-refractivity contribution in [2.24, 2.45) is 0 Å². The van der Waals surface area contributed by atoms with E-state index < -0.39 is 23.9 Å². The zero-order valence-corrected chi connectivity index (χ0v) is 14.8. The lowest BCUT2D eigenvalue weighted by atomic mass is 10.1. The molecule has 1 fully saturated rings. The van der Waals surface area contributed by atoms with Gasteiger partial charge in [-0.25, -0.2) is 4.79 Å². The Kier molecular flexibility index (Phi) is 5.12. The largest absolute Gasteiger partial charge is 0.465 e. The number of anilines is 2. The van der Waals surface area contributed by atoms with Crippen LogP contribution in [0, 0.1) is 0 Å². The number of amides is 2. The molecule has 2 heterocycles. The number of alkyl halides is 3. The van der Waals surface area contributed by atoms with Gasteiger partial charge in [0.25, 0.3) is 5.91 Å². The predicted octanol–water partition coefficient (Wildman–Crippen LogP) is 3.15. The number of carbonyl (C=O) groups is 2. The number of carbonyl (C=O) groups excluding carboxylic acids is 1. The number of pyridine rings is 1. The Hall–Kier alpha value is -3.30. The molecule has 1 saturated heterocycles. The van der Waals surface area contributed by atoms with E-state index in [-0.39, 0.29) is 11.6 Å². The Balaban J connectivity index is 1.63. The van der Waals surface area contributed by atoms with Gasteiger partial charge in [-0.05, 0) is 36.4 Å². The number of hydrogen-bond acceptors (Lipinski definition) is 4. The lowest BCUT2D eigenvalue weighted by Crippen LogP contribution is -2.60. The van der Waals surface area contributed by atoms with Crippen molar-refractivity contribution in [1.82, 2.24) is 9.88 Å². The first kappa shape index (κ1) is 19.5. The average molecular weight is 394 g/mol. The maximum Gasteiger partial charge on any atom is 0.433 e. The summed E-state index contributed by atoms with van der Waals surface area (Å²) in [4.78, 5) is 29.5. The van der Waals surface area contributed by atoms with Crippen LogP contribution in [-0.2, 0) is 6.18 Å². The van der Waals surface area contributed by atoms with Gasteiger partial charge in [0, 0.05) is 43.3 Å². The normalized spacial score (nSPS) is 14.4. The minimum atomic E-state index is -4.62. The molecule has 0 unspecified atom stereocenters. The van der Waals surface area contributed by atoms with Gasteiger partial charge in [-0.15, -0.1) is 0 Å². The molecule has 1 aliphatic heterocycles. The fraction of sp³-hybridized carbons (Fsp3) is 0.278. The van der Waals surface area contributed by atoms with Crippen LogP contribution in [-0.4, -0.2) is 53.2 Å². The zero-order chi connectivity index (χ0) is 20.5. The highest BCUT2D eigenvalue weighted by molar-refractivity contribution is 6.04. The van der Waals surface area contributed by atoms with Crippen LogP contribution in [0.1, 0.15) is 16.1 Å². The Labute approximate surface area is 158 Å². The van der Waals surface area contributed by atoms with Crippen LogP contribution in [0.3, 0.4) is 0 Å². The van der Waals surface area contributed by atoms with Crippen molar-refractivity contribution in [2.45, 2.75) is 12.2 Å². The highest BCUT2D eigenvalue weighted by atomic mass is 19.4. The third kappa shape index (κ3) is 4.16. The number of likely N-dealkylation sites (tertiary alicyclic amines) is 1. The van der Waals surface area contributed by atoms with E-state index in [0.29, 0.717) is 24.8 Å². The molecule has 2 aromatic rings. The second-order valence-corrected chi connectivity index (χ2v) is 6.38. The van der Waals surface area contributed by atoms with Crippen LogP contribution in [0.25, 0.3) is 0 Å². The number of likely N-dealkylation sites (N-methyl/N-ethyl adjacent to an activating group) is 1. The summed E-state index contributed by atoms with van der Waals surface area (Å²) >= 11 is 0. The van der Waals surface area contributed by atoms with Crippen LogP contribution in [0.5, 0.6) is 0 Å². The van der Waals surface area contributed by atoms with Gasteiger partial charge in [-0.1, -0.05) is 0 Å². The highest BCUT2D eigenvalue weighted by Gasteiger charge is 2.34. The zero-order valence-electron chi connectivity index (χ0n) is 14.8. The van der Waals surface area contributed by atoms with Crippen molar-refractivity contribution in [3.8, 4) is 0 Å². The van der Waals surface area contributed by atoms with Crippen molar-refractivity contribution in [1.29, 1.82) is 0 Å². The molecule has 0 bridgehead atoms. The van der Waals surface area contributed by atoms with E-state index in [0.717, 1.165) is 11.9 Å². The van der Waals surface area contributed by atoms with Gasteiger partial charge in [0.2, 0.25) is 0 Å². The molecule has 0 saturated carbocycles. The van der Waals surface area contributed by atoms with E-state index in [1.165, 1.54) is 11.0 Å². The van der Waals surface area contributed by atoms with E-state index >= 15 is 0 Å². The van der Waals surface area contributed by atoms with Gasteiger partial charge < -0.3 is 20.2 Å². The van der Waals surface area contributed by atoms with Crippen LogP contribution < -0.4 is 10.2 Å². The Morgan fingerprint density at radius 1 is 1.21 bits per heavy atom. The minimum Gasteiger partial charge on any atom is -0.465 e. The first-order valence-electron chi connectivity index (χ1n) is 8.30. The molecule has 1 aromatic carbocycles. The maximum atomic E-state index is 12.7. The number of nitrogens with one attached hydrogen (secondary N) is 1. The van der Waals surface area contributed by atoms with E-state index in [2.05, 4.69) is 10.3 Å². The van der Waals surface area contributed by atoms with Crippen molar-refractivity contribution in [3.63, 3.8) is 0 Å². The van der Waals surface area contributed by atoms with E-state index in [1.54, 1.807) is 24.3 Å². The van der Waals surface area contributed by atoms with E-state index in [9.17, 15) is 22.8 Å². The molecule has 28 heavy (non-hydrogen) atoms. The SMILES string of the molecule is CN(c1ccc(NC(=O)c2ccnc(C(F)(F)F)c2)cc1)C1CN(C(=O)O)C1. The fourth-order valence-electron chi connectivity index (χ4n) is 2.78. The summed E-state index contributed by atoms with van der Waals surface area (Å²) in [7, 11) is 1.84. The number of benzene rings is 1. The average Bonchev–Trinajstić information content (AvgIpc) is 2.60. The molecule has 10 heteroatoms. The van der Waals surface area contributed by atoms with Crippen molar-refractivity contribution >= 4 is 23.4 Å². The van der Waals surface area contributed by atoms with Gasteiger partial charge in [0.1, 0.15) is 5.69 Å². The summed E-state index contributed by atoms with van der Waals surface area (Å²) < 4.78 is 38.1. The summed E-state index contributed by atoms with van der Waals surface area (Å²) in [5, 5.41) is 11.4. The molecule has 0 radical (unpaired) electrons. The Morgan fingerprint density at radius 3 is 2.43 bits per heavy atom. The molecule has 148 valence electrons. The maximum absolute atomic E-state index is 12.7. The summed E-state index contributed by atoms with van der Waals surface area (Å²) in [5.74, 6) is -0.676. The lowest BCUT2D eigenvalue weighted by Gasteiger charge is -2.43. The van der Waals surface area contributed by atoms with Crippen LogP contribution in [0.2, 0.25) is 0 Å². The number of rotatable bonds is 4. The topological polar surface area (TPSA) is 85.8 Å². The molecule has 3 rings (SSSR count). The molecule has 0 atom stereocenters. The van der Waals surface area contributed by atoms with Crippen molar-refractivity contribution in [2.75, 3.05) is 30.4 Å². The van der Waals surface area contributed by atoms with Gasteiger partial charge in [0.05, 0.1) is 6.04 Å². The Morgan fingerprint density at radius 2 is 1.86 bits per heavy atom. The summed E-state index contributed by atoms with van der Waals surface area (Å²) in [6.45, 7) is 0.821. The molecule has 1 aromatic heterocycles. The quantitative estimate of drug-likeness (QED) is 0.832. The van der Waals surface area contributed by atoms with Gasteiger partial charge in [0.15, 0.2) is 0 Å². The minimum absolute atomic E-state index is 0.0640. The summed E-state index contributed by atoms with van der Waals surface area (Å²) in [6.07, 6.45) is -4.64. The number of halogens is 3. The summed E-state index contributed by atoms with van der Waals surface area (Å²) in [6, 6.07) is 8.71. The van der Waals surface area contributed by atoms with Crippen LogP contribution in [0.15, 0.2) is 42.6 Å². The van der Waals surface area contributed by atoms with Crippen LogP contribution in [0.4, 0.5) is 29.3 Å². The molecule has 2 amide bonds. The second kappa shape index (κ2) is 7.37. The molecule has 2 N–H and O–H groups in total. The second-order valence-electron chi connectivity index (χ2n) is 6.38. The number of nitrogens with zero attached hydrogens (tertiary/aromatic N) is 3. The fourth-order valence-corrected chi connectivity index (χ4v) is 2.78. The third-order valence-corrected chi connectivity index (χ3v) is 4.53. The molecule has 0 aliphatic carbocycles. The van der Waals surface area contributed by atoms with Crippen molar-refractivity contribution < 1.29 is 27.9 Å². The standard InChI is InChI=1S/C18H17F3N4O3/c1-24(14-9-25(10-14)17(27)28)13-4-2-12(3-5-13)23-16(26)11-6-7-22-15(8-11)18(19,20)21/h2-8,14H,9-10H2,1H3,(H,23,26)(H,27,28). The first-order chi connectivity index (χ1) is 13.1. The van der Waals surface area contributed by atoms with Gasteiger partial charge >= 0.3 is 12.3 Å². The number of hydrogen-bond donors (Lipinski definition) is 2. The van der Waals surface area contributed by atoms with Crippen molar-refractivity contribution in [3.05, 3.63) is 53.9 Å². The van der Waals surface area contributed by atoms with E-state index in [1.807, 2.05) is 11.9 Å². The lowest BCUT2D eigenvalue weighted by molar-refractivity contribution is -0.141.